The number of aryl methyl sites for hydroxylation is 1. The Bertz CT molecular complexity index is 372. The first-order chi connectivity index (χ1) is 8.72. The van der Waals surface area contributed by atoms with Gasteiger partial charge in [0.05, 0.1) is 11.6 Å². The summed E-state index contributed by atoms with van der Waals surface area (Å²) in [5.74, 6) is 6.68. The first kappa shape index (κ1) is 13.5. The third-order valence-electron chi connectivity index (χ3n) is 3.91. The Balaban J connectivity index is 2.13. The van der Waals surface area contributed by atoms with Gasteiger partial charge in [0.25, 0.3) is 0 Å². The fourth-order valence-corrected chi connectivity index (χ4v) is 2.94. The molecule has 0 aliphatic heterocycles. The Labute approximate surface area is 108 Å². The SMILES string of the molecule is CCOC1(C(Cc2ncnn2C)NN)CCCC1. The molecule has 0 amide bonds. The van der Waals surface area contributed by atoms with E-state index in [1.54, 1.807) is 11.0 Å². The van der Waals surface area contributed by atoms with Crippen LogP contribution in [0.3, 0.4) is 0 Å². The van der Waals surface area contributed by atoms with Gasteiger partial charge in [0, 0.05) is 20.1 Å². The third-order valence-corrected chi connectivity index (χ3v) is 3.91. The highest BCUT2D eigenvalue weighted by Gasteiger charge is 2.42. The molecule has 1 unspecified atom stereocenters. The second-order valence-electron chi connectivity index (χ2n) is 4.93. The van der Waals surface area contributed by atoms with Crippen molar-refractivity contribution in [2.45, 2.75) is 50.7 Å². The second-order valence-corrected chi connectivity index (χ2v) is 4.93. The van der Waals surface area contributed by atoms with Crippen LogP contribution in [0, 0.1) is 0 Å². The predicted octanol–water partition coefficient (Wildman–Crippen LogP) is 0.539. The lowest BCUT2D eigenvalue weighted by molar-refractivity contribution is -0.0618. The first-order valence-electron chi connectivity index (χ1n) is 6.65. The highest BCUT2D eigenvalue weighted by Crippen LogP contribution is 2.36. The van der Waals surface area contributed by atoms with E-state index in [0.717, 1.165) is 31.7 Å². The molecule has 1 atom stereocenters. The summed E-state index contributed by atoms with van der Waals surface area (Å²) in [5.41, 5.74) is 2.79. The summed E-state index contributed by atoms with van der Waals surface area (Å²) >= 11 is 0. The van der Waals surface area contributed by atoms with Crippen LogP contribution < -0.4 is 11.3 Å². The zero-order valence-corrected chi connectivity index (χ0v) is 11.2. The molecule has 0 aromatic carbocycles. The van der Waals surface area contributed by atoms with Crippen LogP contribution in [0.5, 0.6) is 0 Å². The average Bonchev–Trinajstić information content (AvgIpc) is 2.97. The zero-order chi connectivity index (χ0) is 13.0. The highest BCUT2D eigenvalue weighted by molar-refractivity contribution is 5.01. The van der Waals surface area contributed by atoms with Crippen LogP contribution in [0.2, 0.25) is 0 Å². The van der Waals surface area contributed by atoms with Gasteiger partial charge >= 0.3 is 0 Å². The molecular weight excluding hydrogens is 230 g/mol. The van der Waals surface area contributed by atoms with E-state index >= 15 is 0 Å². The molecule has 102 valence electrons. The number of nitrogens with two attached hydrogens (primary N) is 1. The molecule has 1 fully saturated rings. The lowest BCUT2D eigenvalue weighted by Gasteiger charge is -2.36. The summed E-state index contributed by atoms with van der Waals surface area (Å²) in [7, 11) is 1.90. The van der Waals surface area contributed by atoms with Gasteiger partial charge in [-0.2, -0.15) is 5.10 Å². The summed E-state index contributed by atoms with van der Waals surface area (Å²) in [4.78, 5) is 4.27. The molecule has 1 aliphatic rings. The van der Waals surface area contributed by atoms with Crippen molar-refractivity contribution in [3.05, 3.63) is 12.2 Å². The molecule has 6 heteroatoms. The summed E-state index contributed by atoms with van der Waals surface area (Å²) in [6.07, 6.45) is 6.85. The lowest BCUT2D eigenvalue weighted by atomic mass is 9.89. The molecule has 18 heavy (non-hydrogen) atoms. The molecule has 1 aromatic heterocycles. The Morgan fingerprint density at radius 2 is 2.28 bits per heavy atom. The summed E-state index contributed by atoms with van der Waals surface area (Å²) in [5, 5.41) is 4.10. The minimum Gasteiger partial charge on any atom is -0.374 e. The van der Waals surface area contributed by atoms with Gasteiger partial charge in [-0.15, -0.1) is 0 Å². The molecule has 1 saturated carbocycles. The molecule has 1 aliphatic carbocycles. The van der Waals surface area contributed by atoms with Crippen molar-refractivity contribution in [1.82, 2.24) is 20.2 Å². The maximum atomic E-state index is 6.03. The van der Waals surface area contributed by atoms with E-state index in [-0.39, 0.29) is 11.6 Å². The van der Waals surface area contributed by atoms with E-state index in [4.69, 9.17) is 10.6 Å². The van der Waals surface area contributed by atoms with E-state index in [9.17, 15) is 0 Å². The Kier molecular flexibility index (Phi) is 4.31. The summed E-state index contributed by atoms with van der Waals surface area (Å²) in [6, 6.07) is 0.0860. The molecule has 0 spiro atoms. The van der Waals surface area contributed by atoms with E-state index in [2.05, 4.69) is 15.5 Å². The molecule has 0 radical (unpaired) electrons. The fourth-order valence-electron chi connectivity index (χ4n) is 2.94. The molecule has 3 N–H and O–H groups in total. The van der Waals surface area contributed by atoms with Gasteiger partial charge in [-0.05, 0) is 19.8 Å². The Hall–Kier alpha value is -0.980. The quantitative estimate of drug-likeness (QED) is 0.571. The maximum Gasteiger partial charge on any atom is 0.138 e. The van der Waals surface area contributed by atoms with Crippen molar-refractivity contribution in [3.8, 4) is 0 Å². The van der Waals surface area contributed by atoms with Crippen LogP contribution in [-0.4, -0.2) is 33.0 Å². The van der Waals surface area contributed by atoms with Crippen molar-refractivity contribution in [1.29, 1.82) is 0 Å². The monoisotopic (exact) mass is 253 g/mol. The van der Waals surface area contributed by atoms with E-state index in [1.165, 1.54) is 12.8 Å². The van der Waals surface area contributed by atoms with Crippen LogP contribution in [0.4, 0.5) is 0 Å². The van der Waals surface area contributed by atoms with E-state index in [1.807, 2.05) is 14.0 Å². The van der Waals surface area contributed by atoms with Crippen molar-refractivity contribution in [2.75, 3.05) is 6.61 Å². The van der Waals surface area contributed by atoms with Crippen LogP contribution in [0.25, 0.3) is 0 Å². The fraction of sp³-hybridized carbons (Fsp3) is 0.833. The lowest BCUT2D eigenvalue weighted by Crippen LogP contribution is -2.55. The van der Waals surface area contributed by atoms with Crippen LogP contribution in [0.15, 0.2) is 6.33 Å². The molecule has 1 aromatic rings. The minimum absolute atomic E-state index is 0.0860. The largest absolute Gasteiger partial charge is 0.374 e. The van der Waals surface area contributed by atoms with Crippen LogP contribution >= 0.6 is 0 Å². The van der Waals surface area contributed by atoms with Gasteiger partial charge in [0.15, 0.2) is 0 Å². The average molecular weight is 253 g/mol. The van der Waals surface area contributed by atoms with E-state index in [0.29, 0.717) is 0 Å². The normalized spacial score (nSPS) is 20.2. The van der Waals surface area contributed by atoms with Crippen molar-refractivity contribution in [3.63, 3.8) is 0 Å². The molecule has 2 rings (SSSR count). The van der Waals surface area contributed by atoms with Gasteiger partial charge in [-0.1, -0.05) is 12.8 Å². The van der Waals surface area contributed by atoms with Gasteiger partial charge in [0.2, 0.25) is 0 Å². The molecule has 1 heterocycles. The van der Waals surface area contributed by atoms with E-state index < -0.39 is 0 Å². The standard InChI is InChI=1S/C12H23N5O/c1-3-18-12(6-4-5-7-12)10(16-13)8-11-14-9-15-17(11)2/h9-10,16H,3-8,13H2,1-2H3. The van der Waals surface area contributed by atoms with Crippen molar-refractivity contribution >= 4 is 0 Å². The number of nitrogens with zero attached hydrogens (tertiary/aromatic N) is 3. The van der Waals surface area contributed by atoms with Crippen molar-refractivity contribution < 1.29 is 4.74 Å². The minimum atomic E-state index is -0.143. The summed E-state index contributed by atoms with van der Waals surface area (Å²) < 4.78 is 7.82. The van der Waals surface area contributed by atoms with Gasteiger partial charge < -0.3 is 4.74 Å². The first-order valence-corrected chi connectivity index (χ1v) is 6.65. The second kappa shape index (κ2) is 5.77. The third kappa shape index (κ3) is 2.55. The van der Waals surface area contributed by atoms with Crippen LogP contribution in [0.1, 0.15) is 38.4 Å². The maximum absolute atomic E-state index is 6.03. The van der Waals surface area contributed by atoms with Gasteiger partial charge in [0.1, 0.15) is 12.2 Å². The predicted molar refractivity (Wildman–Crippen MR) is 68.6 cm³/mol. The molecule has 0 bridgehead atoms. The molecule has 6 nitrogen and oxygen atoms in total. The Morgan fingerprint density at radius 1 is 1.56 bits per heavy atom. The van der Waals surface area contributed by atoms with Crippen molar-refractivity contribution in [2.24, 2.45) is 12.9 Å². The number of hydrazine groups is 1. The summed E-state index contributed by atoms with van der Waals surface area (Å²) in [6.45, 7) is 2.76. The topological polar surface area (TPSA) is 78.0 Å². The number of aromatic nitrogens is 3. The molecule has 0 saturated heterocycles. The number of hydrogen-bond donors (Lipinski definition) is 2. The smallest absolute Gasteiger partial charge is 0.138 e. The number of rotatable bonds is 6. The Morgan fingerprint density at radius 3 is 2.78 bits per heavy atom. The number of hydrogen-bond acceptors (Lipinski definition) is 5. The van der Waals surface area contributed by atoms with Crippen LogP contribution in [-0.2, 0) is 18.2 Å². The number of ether oxygens (including phenoxy) is 1. The highest BCUT2D eigenvalue weighted by atomic mass is 16.5. The number of nitrogens with one attached hydrogen (secondary N) is 1. The van der Waals surface area contributed by atoms with Gasteiger partial charge in [-0.25, -0.2) is 4.98 Å². The van der Waals surface area contributed by atoms with Gasteiger partial charge in [-0.3, -0.25) is 16.0 Å². The zero-order valence-electron chi connectivity index (χ0n) is 11.2. The molecular formula is C12H23N5O.